The number of amides is 1. The number of nitrogens with one attached hydrogen (secondary N) is 2. The third kappa shape index (κ3) is 6.14. The molecule has 0 aliphatic heterocycles. The van der Waals surface area contributed by atoms with Crippen LogP contribution in [0.2, 0.25) is 5.02 Å². The normalized spacial score (nSPS) is 18.6. The van der Waals surface area contributed by atoms with Crippen LogP contribution in [-0.2, 0) is 4.79 Å². The molecule has 9 heteroatoms. The van der Waals surface area contributed by atoms with E-state index in [1.165, 1.54) is 6.20 Å². The third-order valence-corrected chi connectivity index (χ3v) is 6.32. The van der Waals surface area contributed by atoms with Gasteiger partial charge in [-0.3, -0.25) is 9.59 Å². The molecule has 174 valence electrons. The van der Waals surface area contributed by atoms with Crippen LogP contribution in [0.15, 0.2) is 30.5 Å². The lowest BCUT2D eigenvalue weighted by Crippen LogP contribution is -2.32. The number of carbonyl (C=O) groups excluding carboxylic acids is 1. The van der Waals surface area contributed by atoms with Crippen LogP contribution in [0.5, 0.6) is 5.75 Å². The van der Waals surface area contributed by atoms with E-state index >= 15 is 0 Å². The molecule has 0 radical (unpaired) electrons. The molecular weight excluding hydrogens is 444 g/mol. The fourth-order valence-corrected chi connectivity index (χ4v) is 4.27. The summed E-state index contributed by atoms with van der Waals surface area (Å²) >= 11 is 6.39. The Bertz CT molecular complexity index is 1060. The summed E-state index contributed by atoms with van der Waals surface area (Å²) < 4.78 is 5.39. The van der Waals surface area contributed by atoms with E-state index in [4.69, 9.17) is 21.4 Å². The molecule has 1 fully saturated rings. The fourth-order valence-electron chi connectivity index (χ4n) is 4.05. The maximum atomic E-state index is 12.5. The quantitative estimate of drug-likeness (QED) is 0.521. The van der Waals surface area contributed by atoms with Crippen molar-refractivity contribution in [3.8, 4) is 11.8 Å². The number of carboxylic acid groups (broad SMARTS) is 1. The van der Waals surface area contributed by atoms with Gasteiger partial charge in [-0.1, -0.05) is 11.6 Å². The van der Waals surface area contributed by atoms with Gasteiger partial charge in [-0.2, -0.15) is 5.26 Å². The second kappa shape index (κ2) is 11.0. The molecule has 3 rings (SSSR count). The van der Waals surface area contributed by atoms with Gasteiger partial charge in [-0.05, 0) is 62.8 Å². The minimum Gasteiger partial charge on any atom is -0.496 e. The zero-order chi connectivity index (χ0) is 24.0. The first-order valence-corrected chi connectivity index (χ1v) is 11.2. The molecular formula is C24H27ClN4O4. The van der Waals surface area contributed by atoms with E-state index < -0.39 is 5.97 Å². The number of ether oxygens (including phenoxy) is 1. The van der Waals surface area contributed by atoms with Crippen LogP contribution >= 0.6 is 11.6 Å². The number of halogens is 1. The second-order valence-corrected chi connectivity index (χ2v) is 8.66. The second-order valence-electron chi connectivity index (χ2n) is 8.25. The Morgan fingerprint density at radius 2 is 2.03 bits per heavy atom. The summed E-state index contributed by atoms with van der Waals surface area (Å²) in [5.74, 6) is 0.0412. The molecule has 1 amide bonds. The first kappa shape index (κ1) is 24.3. The van der Waals surface area contributed by atoms with Crippen molar-refractivity contribution in [2.45, 2.75) is 38.6 Å². The minimum absolute atomic E-state index is 0.251. The number of carboxylic acids is 1. The van der Waals surface area contributed by atoms with E-state index in [2.05, 4.69) is 21.7 Å². The number of anilines is 1. The molecule has 1 unspecified atom stereocenters. The summed E-state index contributed by atoms with van der Waals surface area (Å²) in [6.45, 7) is 2.39. The lowest BCUT2D eigenvalue weighted by molar-refractivity contribution is -0.143. The monoisotopic (exact) mass is 470 g/mol. The van der Waals surface area contributed by atoms with Crippen molar-refractivity contribution in [1.82, 2.24) is 10.3 Å². The summed E-state index contributed by atoms with van der Waals surface area (Å²) in [6, 6.07) is 8.59. The number of aromatic nitrogens is 1. The van der Waals surface area contributed by atoms with Gasteiger partial charge in [0.25, 0.3) is 5.91 Å². The summed E-state index contributed by atoms with van der Waals surface area (Å²) in [5.41, 5.74) is 1.65. The van der Waals surface area contributed by atoms with E-state index in [-0.39, 0.29) is 23.8 Å². The van der Waals surface area contributed by atoms with Gasteiger partial charge < -0.3 is 20.5 Å². The molecule has 0 spiro atoms. The van der Waals surface area contributed by atoms with Gasteiger partial charge in [0.2, 0.25) is 0 Å². The molecule has 1 heterocycles. The number of nitriles is 1. The Kier molecular flexibility index (Phi) is 8.12. The van der Waals surface area contributed by atoms with Crippen molar-refractivity contribution in [1.29, 1.82) is 5.26 Å². The zero-order valence-corrected chi connectivity index (χ0v) is 19.4. The van der Waals surface area contributed by atoms with Crippen LogP contribution in [0.25, 0.3) is 0 Å². The standard InChI is InChI=1S/C24H27ClN4O4/c1-14(19-9-16(11-26)5-8-21(19)33-2)29-22-20(25)10-18(13-27-22)23(30)28-12-15-3-6-17(7-4-15)24(31)32/h5,8-10,13-15,17H,3-4,6-7,12H2,1-2H3,(H,27,29)(H,28,30)(H,31,32). The van der Waals surface area contributed by atoms with Crippen molar-refractivity contribution in [2.24, 2.45) is 11.8 Å². The number of nitrogens with zero attached hydrogens (tertiary/aromatic N) is 2. The number of hydrogen-bond donors (Lipinski definition) is 3. The number of pyridine rings is 1. The van der Waals surface area contributed by atoms with Gasteiger partial charge >= 0.3 is 5.97 Å². The van der Waals surface area contributed by atoms with Crippen LogP contribution in [0.4, 0.5) is 5.82 Å². The Labute approximate surface area is 197 Å². The Morgan fingerprint density at radius 3 is 2.64 bits per heavy atom. The number of benzene rings is 1. The molecule has 8 nitrogen and oxygen atoms in total. The number of aliphatic carboxylic acids is 1. The van der Waals surface area contributed by atoms with Crippen LogP contribution in [0.3, 0.4) is 0 Å². The van der Waals surface area contributed by atoms with Crippen molar-refractivity contribution >= 4 is 29.3 Å². The molecule has 1 aromatic heterocycles. The molecule has 3 N–H and O–H groups in total. The highest BCUT2D eigenvalue weighted by molar-refractivity contribution is 6.33. The highest BCUT2D eigenvalue weighted by Crippen LogP contribution is 2.31. The predicted molar refractivity (Wildman–Crippen MR) is 124 cm³/mol. The van der Waals surface area contributed by atoms with Crippen molar-refractivity contribution in [3.63, 3.8) is 0 Å². The molecule has 1 saturated carbocycles. The van der Waals surface area contributed by atoms with Crippen LogP contribution < -0.4 is 15.4 Å². The van der Waals surface area contributed by atoms with Crippen LogP contribution in [0, 0.1) is 23.2 Å². The Morgan fingerprint density at radius 1 is 1.30 bits per heavy atom. The Balaban J connectivity index is 1.60. The Hall–Kier alpha value is -3.31. The smallest absolute Gasteiger partial charge is 0.306 e. The molecule has 1 aliphatic rings. The SMILES string of the molecule is COc1ccc(C#N)cc1C(C)Nc1ncc(C(=O)NCC2CCC(C(=O)O)CC2)cc1Cl. The highest BCUT2D eigenvalue weighted by atomic mass is 35.5. The fraction of sp³-hybridized carbons (Fsp3) is 0.417. The summed E-state index contributed by atoms with van der Waals surface area (Å²) in [6.07, 6.45) is 4.31. The molecule has 1 atom stereocenters. The van der Waals surface area contributed by atoms with Crippen LogP contribution in [0.1, 0.15) is 60.1 Å². The molecule has 0 saturated heterocycles. The maximum Gasteiger partial charge on any atom is 0.306 e. The van der Waals surface area contributed by atoms with Gasteiger partial charge in [-0.15, -0.1) is 0 Å². The van der Waals surface area contributed by atoms with Gasteiger partial charge in [-0.25, -0.2) is 4.98 Å². The maximum absolute atomic E-state index is 12.5. The molecule has 0 bridgehead atoms. The topological polar surface area (TPSA) is 124 Å². The lowest BCUT2D eigenvalue weighted by atomic mass is 9.82. The van der Waals surface area contributed by atoms with E-state index in [0.29, 0.717) is 47.1 Å². The minimum atomic E-state index is -0.738. The predicted octanol–water partition coefficient (Wildman–Crippen LogP) is 4.41. The van der Waals surface area contributed by atoms with Gasteiger partial charge in [0.1, 0.15) is 11.6 Å². The molecule has 33 heavy (non-hydrogen) atoms. The number of hydrogen-bond acceptors (Lipinski definition) is 6. The van der Waals surface area contributed by atoms with Gasteiger partial charge in [0.15, 0.2) is 0 Å². The third-order valence-electron chi connectivity index (χ3n) is 6.03. The first-order valence-electron chi connectivity index (χ1n) is 10.8. The van der Waals surface area contributed by atoms with E-state index in [1.54, 1.807) is 31.4 Å². The number of rotatable bonds is 8. The largest absolute Gasteiger partial charge is 0.496 e. The van der Waals surface area contributed by atoms with Crippen molar-refractivity contribution < 1.29 is 19.4 Å². The van der Waals surface area contributed by atoms with E-state index in [0.717, 1.165) is 18.4 Å². The molecule has 1 aromatic carbocycles. The van der Waals surface area contributed by atoms with Crippen molar-refractivity contribution in [2.75, 3.05) is 19.0 Å². The average molecular weight is 471 g/mol. The van der Waals surface area contributed by atoms with Gasteiger partial charge in [0, 0.05) is 18.3 Å². The number of methoxy groups -OCH3 is 1. The summed E-state index contributed by atoms with van der Waals surface area (Å²) in [7, 11) is 1.56. The van der Waals surface area contributed by atoms with E-state index in [1.807, 2.05) is 6.92 Å². The molecule has 1 aliphatic carbocycles. The highest BCUT2D eigenvalue weighted by Gasteiger charge is 2.26. The van der Waals surface area contributed by atoms with Crippen molar-refractivity contribution in [3.05, 3.63) is 52.2 Å². The van der Waals surface area contributed by atoms with Gasteiger partial charge in [0.05, 0.1) is 41.3 Å². The van der Waals surface area contributed by atoms with Crippen LogP contribution in [-0.4, -0.2) is 35.6 Å². The summed E-state index contributed by atoms with van der Waals surface area (Å²) in [4.78, 5) is 27.9. The first-order chi connectivity index (χ1) is 15.8. The zero-order valence-electron chi connectivity index (χ0n) is 18.6. The molecule has 2 aromatic rings. The van der Waals surface area contributed by atoms with E-state index in [9.17, 15) is 14.9 Å². The lowest BCUT2D eigenvalue weighted by Gasteiger charge is -2.26. The number of carbonyl (C=O) groups is 2. The average Bonchev–Trinajstić information content (AvgIpc) is 2.83. The summed E-state index contributed by atoms with van der Waals surface area (Å²) in [5, 5.41) is 24.7.